The summed E-state index contributed by atoms with van der Waals surface area (Å²) in [6, 6.07) is 8.98. The summed E-state index contributed by atoms with van der Waals surface area (Å²) in [7, 11) is 0. The predicted molar refractivity (Wildman–Crippen MR) is 85.9 cm³/mol. The summed E-state index contributed by atoms with van der Waals surface area (Å²) >= 11 is 0. The third kappa shape index (κ3) is 6.92. The lowest BCUT2D eigenvalue weighted by molar-refractivity contribution is -0.117. The van der Waals surface area contributed by atoms with Crippen LogP contribution in [0.5, 0.6) is 0 Å². The average molecular weight is 287 g/mol. The van der Waals surface area contributed by atoms with E-state index in [0.29, 0.717) is 23.9 Å². The zero-order valence-corrected chi connectivity index (χ0v) is 13.4. The van der Waals surface area contributed by atoms with Gasteiger partial charge in [0.15, 0.2) is 0 Å². The topological polar surface area (TPSA) is 56.1 Å². The molecule has 1 amide bonds. The molecule has 0 radical (unpaired) electrons. The van der Waals surface area contributed by atoms with E-state index < -0.39 is 0 Å². The standard InChI is InChI=1S/C17H25N3O/c1-13(2)10-20(11-14(3)4)12-17(21)19-16-7-5-15(9-18)6-8-16/h5-8,13-14H,10-12H2,1-4H3,(H,19,21). The highest BCUT2D eigenvalue weighted by atomic mass is 16.2. The van der Waals surface area contributed by atoms with Gasteiger partial charge in [-0.15, -0.1) is 0 Å². The lowest BCUT2D eigenvalue weighted by atomic mass is 10.1. The fourth-order valence-corrected chi connectivity index (χ4v) is 2.27. The van der Waals surface area contributed by atoms with Crippen LogP contribution in [0.25, 0.3) is 0 Å². The highest BCUT2D eigenvalue weighted by Crippen LogP contribution is 2.09. The van der Waals surface area contributed by atoms with E-state index in [1.54, 1.807) is 24.3 Å². The van der Waals surface area contributed by atoms with E-state index in [2.05, 4.69) is 44.0 Å². The third-order valence-corrected chi connectivity index (χ3v) is 2.91. The molecule has 1 rings (SSSR count). The molecule has 0 spiro atoms. The first-order valence-corrected chi connectivity index (χ1v) is 7.43. The van der Waals surface area contributed by atoms with Gasteiger partial charge >= 0.3 is 0 Å². The Kier molecular flexibility index (Phi) is 6.90. The molecule has 4 nitrogen and oxygen atoms in total. The first-order chi connectivity index (χ1) is 9.90. The van der Waals surface area contributed by atoms with Crippen molar-refractivity contribution in [2.75, 3.05) is 25.0 Å². The van der Waals surface area contributed by atoms with Crippen LogP contribution in [-0.2, 0) is 4.79 Å². The smallest absolute Gasteiger partial charge is 0.238 e. The van der Waals surface area contributed by atoms with Crippen LogP contribution in [0.2, 0.25) is 0 Å². The molecule has 1 N–H and O–H groups in total. The first-order valence-electron chi connectivity index (χ1n) is 7.43. The number of anilines is 1. The second kappa shape index (κ2) is 8.43. The van der Waals surface area contributed by atoms with Crippen molar-refractivity contribution >= 4 is 11.6 Å². The van der Waals surface area contributed by atoms with Gasteiger partial charge in [0.05, 0.1) is 18.2 Å². The van der Waals surface area contributed by atoms with Gasteiger partial charge in [0.1, 0.15) is 0 Å². The maximum Gasteiger partial charge on any atom is 0.238 e. The maximum atomic E-state index is 12.1. The maximum absolute atomic E-state index is 12.1. The molecule has 0 saturated carbocycles. The molecule has 1 aromatic rings. The van der Waals surface area contributed by atoms with Gasteiger partial charge in [-0.05, 0) is 36.1 Å². The molecule has 0 heterocycles. The van der Waals surface area contributed by atoms with Gasteiger partial charge in [-0.2, -0.15) is 5.26 Å². The molecule has 114 valence electrons. The lowest BCUT2D eigenvalue weighted by Gasteiger charge is -2.25. The molecule has 4 heteroatoms. The number of hydrogen-bond donors (Lipinski definition) is 1. The van der Waals surface area contributed by atoms with Crippen molar-refractivity contribution < 1.29 is 4.79 Å². The van der Waals surface area contributed by atoms with Crippen molar-refractivity contribution in [2.45, 2.75) is 27.7 Å². The van der Waals surface area contributed by atoms with E-state index in [-0.39, 0.29) is 5.91 Å². The number of nitriles is 1. The van der Waals surface area contributed by atoms with Crippen molar-refractivity contribution in [1.29, 1.82) is 5.26 Å². The van der Waals surface area contributed by atoms with Gasteiger partial charge in [-0.1, -0.05) is 27.7 Å². The quantitative estimate of drug-likeness (QED) is 0.838. The normalized spacial score (nSPS) is 11.0. The first kappa shape index (κ1) is 17.2. The number of nitrogens with zero attached hydrogens (tertiary/aromatic N) is 2. The van der Waals surface area contributed by atoms with Crippen LogP contribution >= 0.6 is 0 Å². The Balaban J connectivity index is 2.57. The highest BCUT2D eigenvalue weighted by Gasteiger charge is 2.13. The predicted octanol–water partition coefficient (Wildman–Crippen LogP) is 3.11. The second-order valence-electron chi connectivity index (χ2n) is 6.22. The summed E-state index contributed by atoms with van der Waals surface area (Å²) in [5.74, 6) is 1.05. The van der Waals surface area contributed by atoms with Gasteiger partial charge in [0, 0.05) is 18.8 Å². The Morgan fingerprint density at radius 2 is 1.67 bits per heavy atom. The minimum absolute atomic E-state index is 0.0130. The molecule has 0 bridgehead atoms. The average Bonchev–Trinajstić information content (AvgIpc) is 2.37. The van der Waals surface area contributed by atoms with Crippen LogP contribution in [-0.4, -0.2) is 30.4 Å². The fourth-order valence-electron chi connectivity index (χ4n) is 2.27. The number of amides is 1. The second-order valence-corrected chi connectivity index (χ2v) is 6.22. The van der Waals surface area contributed by atoms with Crippen molar-refractivity contribution in [1.82, 2.24) is 4.90 Å². The van der Waals surface area contributed by atoms with Crippen LogP contribution in [0.3, 0.4) is 0 Å². The van der Waals surface area contributed by atoms with E-state index in [0.717, 1.165) is 18.8 Å². The minimum atomic E-state index is -0.0130. The summed E-state index contributed by atoms with van der Waals surface area (Å²) in [4.78, 5) is 14.3. The largest absolute Gasteiger partial charge is 0.325 e. The van der Waals surface area contributed by atoms with E-state index in [9.17, 15) is 4.79 Å². The van der Waals surface area contributed by atoms with Crippen LogP contribution < -0.4 is 5.32 Å². The van der Waals surface area contributed by atoms with Gasteiger partial charge in [-0.25, -0.2) is 0 Å². The molecule has 0 saturated heterocycles. The van der Waals surface area contributed by atoms with E-state index in [1.807, 2.05) is 0 Å². The van der Waals surface area contributed by atoms with Gasteiger partial charge < -0.3 is 5.32 Å². The van der Waals surface area contributed by atoms with Crippen LogP contribution in [0.1, 0.15) is 33.3 Å². The van der Waals surface area contributed by atoms with Gasteiger partial charge in [0.25, 0.3) is 0 Å². The number of nitrogens with one attached hydrogen (secondary N) is 1. The van der Waals surface area contributed by atoms with Crippen LogP contribution in [0.15, 0.2) is 24.3 Å². The molecule has 1 aromatic carbocycles. The van der Waals surface area contributed by atoms with Crippen LogP contribution in [0, 0.1) is 23.2 Å². The zero-order chi connectivity index (χ0) is 15.8. The molecule has 0 atom stereocenters. The van der Waals surface area contributed by atoms with E-state index in [1.165, 1.54) is 0 Å². The van der Waals surface area contributed by atoms with Gasteiger partial charge in [0.2, 0.25) is 5.91 Å². The fraction of sp³-hybridized carbons (Fsp3) is 0.529. The molecular formula is C17H25N3O. The molecule has 0 aliphatic heterocycles. The summed E-state index contributed by atoms with van der Waals surface area (Å²) in [6.07, 6.45) is 0. The van der Waals surface area contributed by atoms with Crippen molar-refractivity contribution in [3.05, 3.63) is 29.8 Å². The molecule has 0 fully saturated rings. The van der Waals surface area contributed by atoms with Crippen molar-refractivity contribution in [2.24, 2.45) is 11.8 Å². The molecule has 0 aromatic heterocycles. The number of rotatable bonds is 7. The van der Waals surface area contributed by atoms with E-state index in [4.69, 9.17) is 5.26 Å². The molecule has 0 aliphatic rings. The Labute approximate surface area is 127 Å². The SMILES string of the molecule is CC(C)CN(CC(=O)Nc1ccc(C#N)cc1)CC(C)C. The Hall–Kier alpha value is -1.86. The number of benzene rings is 1. The molecule has 0 unspecified atom stereocenters. The Morgan fingerprint density at radius 1 is 1.14 bits per heavy atom. The monoisotopic (exact) mass is 287 g/mol. The van der Waals surface area contributed by atoms with Gasteiger partial charge in [-0.3, -0.25) is 9.69 Å². The third-order valence-electron chi connectivity index (χ3n) is 2.91. The lowest BCUT2D eigenvalue weighted by Crippen LogP contribution is -2.38. The van der Waals surface area contributed by atoms with Crippen LogP contribution in [0.4, 0.5) is 5.69 Å². The molecule has 0 aliphatic carbocycles. The highest BCUT2D eigenvalue weighted by molar-refractivity contribution is 5.92. The number of hydrogen-bond acceptors (Lipinski definition) is 3. The summed E-state index contributed by atoms with van der Waals surface area (Å²) < 4.78 is 0. The number of carbonyl (C=O) groups is 1. The summed E-state index contributed by atoms with van der Waals surface area (Å²) in [6.45, 7) is 10.9. The Bertz CT molecular complexity index is 476. The molecular weight excluding hydrogens is 262 g/mol. The molecule has 21 heavy (non-hydrogen) atoms. The van der Waals surface area contributed by atoms with Crippen molar-refractivity contribution in [3.8, 4) is 6.07 Å². The van der Waals surface area contributed by atoms with Crippen molar-refractivity contribution in [3.63, 3.8) is 0 Å². The zero-order valence-electron chi connectivity index (χ0n) is 13.4. The summed E-state index contributed by atoms with van der Waals surface area (Å²) in [5, 5.41) is 11.6. The Morgan fingerprint density at radius 3 is 2.10 bits per heavy atom. The van der Waals surface area contributed by atoms with E-state index >= 15 is 0 Å². The number of carbonyl (C=O) groups excluding carboxylic acids is 1. The summed E-state index contributed by atoms with van der Waals surface area (Å²) in [5.41, 5.74) is 1.32. The minimum Gasteiger partial charge on any atom is -0.325 e.